The Morgan fingerprint density at radius 3 is 1.96 bits per heavy atom. The summed E-state index contributed by atoms with van der Waals surface area (Å²) in [6.07, 6.45) is 3.75. The molecule has 0 saturated carbocycles. The van der Waals surface area contributed by atoms with Crippen LogP contribution in [-0.2, 0) is 10.4 Å². The Kier molecular flexibility index (Phi) is 5.84. The minimum Gasteiger partial charge on any atom is -0.372 e. The average Bonchev–Trinajstić information content (AvgIpc) is 2.69. The summed E-state index contributed by atoms with van der Waals surface area (Å²) in [4.78, 5) is 15.3. The first-order valence-electron chi connectivity index (χ1n) is 9.05. The first-order chi connectivity index (χ1) is 12.2. The Labute approximate surface area is 149 Å². The molecule has 1 heterocycles. The maximum atomic E-state index is 12.9. The van der Waals surface area contributed by atoms with Crippen molar-refractivity contribution in [3.63, 3.8) is 0 Å². The third kappa shape index (κ3) is 4.09. The molecule has 0 spiro atoms. The summed E-state index contributed by atoms with van der Waals surface area (Å²) in [6.45, 7) is 3.56. The fourth-order valence-electron chi connectivity index (χ4n) is 3.43. The van der Waals surface area contributed by atoms with E-state index in [9.17, 15) is 9.90 Å². The van der Waals surface area contributed by atoms with Gasteiger partial charge in [0.25, 0.3) is 5.91 Å². The number of amides is 1. The van der Waals surface area contributed by atoms with E-state index in [2.05, 4.69) is 10.2 Å². The van der Waals surface area contributed by atoms with E-state index in [1.165, 1.54) is 19.3 Å². The van der Waals surface area contributed by atoms with Gasteiger partial charge in [0.15, 0.2) is 5.60 Å². The Balaban J connectivity index is 1.74. The second kappa shape index (κ2) is 8.28. The summed E-state index contributed by atoms with van der Waals surface area (Å²) < 4.78 is 0. The number of nitrogens with one attached hydrogen (secondary N) is 1. The van der Waals surface area contributed by atoms with Crippen LogP contribution in [0.1, 0.15) is 30.4 Å². The van der Waals surface area contributed by atoms with Crippen molar-refractivity contribution in [2.45, 2.75) is 24.9 Å². The van der Waals surface area contributed by atoms with Gasteiger partial charge in [-0.05, 0) is 37.1 Å². The van der Waals surface area contributed by atoms with Gasteiger partial charge in [-0.15, -0.1) is 0 Å². The molecule has 4 nitrogen and oxygen atoms in total. The van der Waals surface area contributed by atoms with Gasteiger partial charge >= 0.3 is 0 Å². The van der Waals surface area contributed by atoms with Gasteiger partial charge < -0.3 is 15.3 Å². The van der Waals surface area contributed by atoms with E-state index < -0.39 is 5.60 Å². The SMILES string of the molecule is O=C(NCCN1CCCCC1)C(O)(c1ccccc1)c1ccccc1. The minimum atomic E-state index is -1.68. The number of carbonyl (C=O) groups excluding carboxylic acids is 1. The highest BCUT2D eigenvalue weighted by atomic mass is 16.3. The molecular formula is C21H26N2O2. The third-order valence-electron chi connectivity index (χ3n) is 4.87. The molecule has 4 heteroatoms. The van der Waals surface area contributed by atoms with Gasteiger partial charge in [0, 0.05) is 13.1 Å². The Hall–Kier alpha value is -2.17. The fourth-order valence-corrected chi connectivity index (χ4v) is 3.43. The van der Waals surface area contributed by atoms with Crippen LogP contribution < -0.4 is 5.32 Å². The molecular weight excluding hydrogens is 312 g/mol. The normalized spacial score (nSPS) is 15.7. The minimum absolute atomic E-state index is 0.373. The number of benzene rings is 2. The molecule has 2 aromatic carbocycles. The summed E-state index contributed by atoms with van der Waals surface area (Å²) in [6, 6.07) is 18.3. The Bertz CT molecular complexity index is 627. The van der Waals surface area contributed by atoms with Crippen LogP contribution in [0.2, 0.25) is 0 Å². The zero-order valence-corrected chi connectivity index (χ0v) is 14.5. The molecule has 3 rings (SSSR count). The lowest BCUT2D eigenvalue weighted by atomic mass is 9.85. The van der Waals surface area contributed by atoms with Crippen LogP contribution in [0.5, 0.6) is 0 Å². The second-order valence-electron chi connectivity index (χ2n) is 6.60. The van der Waals surface area contributed by atoms with Crippen LogP contribution in [0.3, 0.4) is 0 Å². The van der Waals surface area contributed by atoms with Crippen LogP contribution in [0.4, 0.5) is 0 Å². The Morgan fingerprint density at radius 1 is 0.920 bits per heavy atom. The van der Waals surface area contributed by atoms with Crippen molar-refractivity contribution in [1.82, 2.24) is 10.2 Å². The maximum absolute atomic E-state index is 12.9. The Morgan fingerprint density at radius 2 is 1.44 bits per heavy atom. The monoisotopic (exact) mass is 338 g/mol. The van der Waals surface area contributed by atoms with Crippen molar-refractivity contribution >= 4 is 5.91 Å². The predicted molar refractivity (Wildman–Crippen MR) is 99.2 cm³/mol. The van der Waals surface area contributed by atoms with Gasteiger partial charge in [-0.25, -0.2) is 0 Å². The maximum Gasteiger partial charge on any atom is 0.261 e. The van der Waals surface area contributed by atoms with E-state index in [0.717, 1.165) is 19.6 Å². The molecule has 2 aromatic rings. The van der Waals surface area contributed by atoms with Crippen molar-refractivity contribution in [3.8, 4) is 0 Å². The van der Waals surface area contributed by atoms with E-state index in [1.807, 2.05) is 36.4 Å². The number of nitrogens with zero attached hydrogens (tertiary/aromatic N) is 1. The van der Waals surface area contributed by atoms with E-state index in [1.54, 1.807) is 24.3 Å². The van der Waals surface area contributed by atoms with E-state index in [4.69, 9.17) is 0 Å². The van der Waals surface area contributed by atoms with Gasteiger partial charge in [0.2, 0.25) is 0 Å². The van der Waals surface area contributed by atoms with E-state index in [0.29, 0.717) is 17.7 Å². The molecule has 0 unspecified atom stereocenters. The standard InChI is InChI=1S/C21H26N2O2/c24-20(22-14-17-23-15-8-3-9-16-23)21(25,18-10-4-1-5-11-18)19-12-6-2-7-13-19/h1-2,4-7,10-13,25H,3,8-9,14-17H2,(H,22,24). The lowest BCUT2D eigenvalue weighted by Gasteiger charge is -2.30. The number of carbonyl (C=O) groups is 1. The van der Waals surface area contributed by atoms with Gasteiger partial charge in [-0.3, -0.25) is 4.79 Å². The number of aliphatic hydroxyl groups is 1. The molecule has 1 amide bonds. The number of hydrogen-bond acceptors (Lipinski definition) is 3. The topological polar surface area (TPSA) is 52.6 Å². The van der Waals surface area contributed by atoms with Crippen LogP contribution in [0.25, 0.3) is 0 Å². The van der Waals surface area contributed by atoms with Gasteiger partial charge in [0.05, 0.1) is 0 Å². The quantitative estimate of drug-likeness (QED) is 0.851. The second-order valence-corrected chi connectivity index (χ2v) is 6.60. The predicted octanol–water partition coefficient (Wildman–Crippen LogP) is 2.52. The molecule has 1 saturated heterocycles. The summed E-state index contributed by atoms with van der Waals surface area (Å²) in [5, 5.41) is 14.3. The number of hydrogen-bond donors (Lipinski definition) is 2. The van der Waals surface area contributed by atoms with Crippen molar-refractivity contribution in [1.29, 1.82) is 0 Å². The van der Waals surface area contributed by atoms with Gasteiger partial charge in [0.1, 0.15) is 0 Å². The summed E-state index contributed by atoms with van der Waals surface area (Å²) >= 11 is 0. The highest BCUT2D eigenvalue weighted by Gasteiger charge is 2.39. The lowest BCUT2D eigenvalue weighted by molar-refractivity contribution is -0.136. The van der Waals surface area contributed by atoms with Gasteiger partial charge in [-0.1, -0.05) is 67.1 Å². The molecule has 0 aromatic heterocycles. The molecule has 1 fully saturated rings. The van der Waals surface area contributed by atoms with E-state index in [-0.39, 0.29) is 5.91 Å². The summed E-state index contributed by atoms with van der Waals surface area (Å²) in [5.74, 6) is -0.373. The molecule has 0 bridgehead atoms. The third-order valence-corrected chi connectivity index (χ3v) is 4.87. The zero-order chi connectivity index (χ0) is 17.5. The van der Waals surface area contributed by atoms with Gasteiger partial charge in [-0.2, -0.15) is 0 Å². The number of rotatable bonds is 6. The number of likely N-dealkylation sites (tertiary alicyclic amines) is 1. The van der Waals surface area contributed by atoms with Crippen LogP contribution >= 0.6 is 0 Å². The van der Waals surface area contributed by atoms with Crippen molar-refractivity contribution in [2.24, 2.45) is 0 Å². The first kappa shape index (κ1) is 17.6. The first-order valence-corrected chi connectivity index (χ1v) is 9.05. The smallest absolute Gasteiger partial charge is 0.261 e. The molecule has 0 atom stereocenters. The zero-order valence-electron chi connectivity index (χ0n) is 14.5. The highest BCUT2D eigenvalue weighted by Crippen LogP contribution is 2.29. The lowest BCUT2D eigenvalue weighted by Crippen LogP contribution is -2.47. The van der Waals surface area contributed by atoms with Crippen molar-refractivity contribution in [3.05, 3.63) is 71.8 Å². The molecule has 0 aliphatic carbocycles. The number of piperidine rings is 1. The van der Waals surface area contributed by atoms with E-state index >= 15 is 0 Å². The van der Waals surface area contributed by atoms with Crippen LogP contribution in [0, 0.1) is 0 Å². The molecule has 25 heavy (non-hydrogen) atoms. The molecule has 0 radical (unpaired) electrons. The van der Waals surface area contributed by atoms with Crippen LogP contribution in [-0.4, -0.2) is 42.1 Å². The molecule has 1 aliphatic heterocycles. The average molecular weight is 338 g/mol. The van der Waals surface area contributed by atoms with Crippen LogP contribution in [0.15, 0.2) is 60.7 Å². The summed E-state index contributed by atoms with van der Waals surface area (Å²) in [7, 11) is 0. The molecule has 132 valence electrons. The van der Waals surface area contributed by atoms with Crippen molar-refractivity contribution in [2.75, 3.05) is 26.2 Å². The van der Waals surface area contributed by atoms with Crippen molar-refractivity contribution < 1.29 is 9.90 Å². The largest absolute Gasteiger partial charge is 0.372 e. The fraction of sp³-hybridized carbons (Fsp3) is 0.381. The molecule has 2 N–H and O–H groups in total. The highest BCUT2D eigenvalue weighted by molar-refractivity contribution is 5.90. The molecule has 1 aliphatic rings. The summed E-state index contributed by atoms with van der Waals surface area (Å²) in [5.41, 5.74) is -0.516.